The molecule has 0 radical (unpaired) electrons. The van der Waals surface area contributed by atoms with Gasteiger partial charge in [-0.1, -0.05) is 90.2 Å². The Morgan fingerprint density at radius 1 is 0.641 bits per heavy atom. The maximum atomic E-state index is 12.4. The Balaban J connectivity index is 0.00000108. The van der Waals surface area contributed by atoms with Crippen LogP contribution in [0.25, 0.3) is 0 Å². The molecule has 0 unspecified atom stereocenters. The van der Waals surface area contributed by atoms with Crippen LogP contribution in [-0.4, -0.2) is 25.2 Å². The second-order valence-electron chi connectivity index (χ2n) is 9.36. The standard InChI is InChI=1S/C24H38O4.2C5H5.Ni/c1-3-5-7-9-11-15-19-27-23(25)21-17-13-14-18-22(21)24(26)28-20-16-12-10-8-6-4-2;2*1-2-4-5-3-1;/h13-14,17-18H,3-12,15-16,19-20H2,1-2H3;2*1-3H,4H2;/q;2*-1;+2. The van der Waals surface area contributed by atoms with Crippen molar-refractivity contribution in [1.29, 1.82) is 0 Å². The van der Waals surface area contributed by atoms with Crippen molar-refractivity contribution in [3.8, 4) is 0 Å². The molecule has 0 aromatic heterocycles. The Labute approximate surface area is 247 Å². The summed E-state index contributed by atoms with van der Waals surface area (Å²) in [7, 11) is 0. The van der Waals surface area contributed by atoms with Crippen molar-refractivity contribution in [3.63, 3.8) is 0 Å². The Hall–Kier alpha value is -2.39. The van der Waals surface area contributed by atoms with Crippen LogP contribution in [0.5, 0.6) is 0 Å². The van der Waals surface area contributed by atoms with Gasteiger partial charge >= 0.3 is 28.4 Å². The van der Waals surface area contributed by atoms with E-state index in [0.29, 0.717) is 24.3 Å². The van der Waals surface area contributed by atoms with E-state index in [4.69, 9.17) is 9.47 Å². The van der Waals surface area contributed by atoms with Gasteiger partial charge in [0.1, 0.15) is 0 Å². The molecule has 2 aliphatic carbocycles. The zero-order valence-electron chi connectivity index (χ0n) is 24.0. The van der Waals surface area contributed by atoms with E-state index in [1.54, 1.807) is 24.3 Å². The minimum atomic E-state index is -0.444. The molecule has 0 aliphatic heterocycles. The van der Waals surface area contributed by atoms with E-state index in [-0.39, 0.29) is 16.5 Å². The summed E-state index contributed by atoms with van der Waals surface area (Å²) in [6, 6.07) is 6.74. The second-order valence-corrected chi connectivity index (χ2v) is 9.36. The van der Waals surface area contributed by atoms with E-state index >= 15 is 0 Å². The monoisotopic (exact) mass is 578 g/mol. The predicted octanol–water partition coefficient (Wildman–Crippen LogP) is 9.33. The van der Waals surface area contributed by atoms with Crippen LogP contribution >= 0.6 is 0 Å². The van der Waals surface area contributed by atoms with E-state index in [1.165, 1.54) is 51.4 Å². The number of benzene rings is 1. The van der Waals surface area contributed by atoms with Crippen molar-refractivity contribution in [2.24, 2.45) is 0 Å². The maximum Gasteiger partial charge on any atom is 2.00 e. The van der Waals surface area contributed by atoms with Gasteiger partial charge in [0.05, 0.1) is 24.3 Å². The number of carbonyl (C=O) groups excluding carboxylic acids is 2. The van der Waals surface area contributed by atoms with Crippen LogP contribution in [0.2, 0.25) is 0 Å². The van der Waals surface area contributed by atoms with Gasteiger partial charge in [-0.3, -0.25) is 12.2 Å². The van der Waals surface area contributed by atoms with Gasteiger partial charge in [-0.15, -0.1) is 12.8 Å². The van der Waals surface area contributed by atoms with Crippen molar-refractivity contribution in [3.05, 3.63) is 84.0 Å². The van der Waals surface area contributed by atoms with E-state index in [2.05, 4.69) is 38.2 Å². The van der Waals surface area contributed by atoms with Gasteiger partial charge in [-0.2, -0.15) is 12.2 Å². The Morgan fingerprint density at radius 3 is 1.33 bits per heavy atom. The predicted molar refractivity (Wildman–Crippen MR) is 157 cm³/mol. The first-order chi connectivity index (χ1) is 18.7. The summed E-state index contributed by atoms with van der Waals surface area (Å²) in [6.45, 7) is 5.17. The first-order valence-electron chi connectivity index (χ1n) is 14.6. The zero-order chi connectivity index (χ0) is 27.5. The molecule has 1 aromatic carbocycles. The van der Waals surface area contributed by atoms with Crippen molar-refractivity contribution in [1.82, 2.24) is 0 Å². The smallest absolute Gasteiger partial charge is 0.462 e. The third-order valence-electron chi connectivity index (χ3n) is 6.00. The molecular formula is C34H48NiO4. The molecule has 4 nitrogen and oxygen atoms in total. The molecule has 0 bridgehead atoms. The molecule has 39 heavy (non-hydrogen) atoms. The number of carbonyl (C=O) groups is 2. The first kappa shape index (κ1) is 36.6. The number of rotatable bonds is 16. The van der Waals surface area contributed by atoms with E-state index in [0.717, 1.165) is 38.5 Å². The van der Waals surface area contributed by atoms with Gasteiger partial charge in [0.15, 0.2) is 0 Å². The number of esters is 2. The summed E-state index contributed by atoms with van der Waals surface area (Å²) in [5.74, 6) is -0.888. The van der Waals surface area contributed by atoms with Gasteiger partial charge in [-0.25, -0.2) is 33.9 Å². The van der Waals surface area contributed by atoms with Gasteiger partial charge in [0.25, 0.3) is 0 Å². The second kappa shape index (κ2) is 27.2. The molecule has 2 aliphatic rings. The van der Waals surface area contributed by atoms with Crippen LogP contribution < -0.4 is 0 Å². The molecular weight excluding hydrogens is 531 g/mol. The Kier molecular flexibility index (Phi) is 25.5. The third kappa shape index (κ3) is 20.2. The minimum Gasteiger partial charge on any atom is -0.462 e. The Morgan fingerprint density at radius 2 is 1.03 bits per heavy atom. The molecule has 0 amide bonds. The number of hydrogen-bond donors (Lipinski definition) is 0. The zero-order valence-corrected chi connectivity index (χ0v) is 25.0. The molecule has 3 rings (SSSR count). The average molecular weight is 579 g/mol. The van der Waals surface area contributed by atoms with Crippen molar-refractivity contribution >= 4 is 11.9 Å². The molecule has 0 spiro atoms. The van der Waals surface area contributed by atoms with Crippen LogP contribution in [0.4, 0.5) is 0 Å². The van der Waals surface area contributed by atoms with Crippen LogP contribution in [-0.2, 0) is 26.0 Å². The van der Waals surface area contributed by atoms with Crippen molar-refractivity contribution in [2.45, 2.75) is 104 Å². The molecule has 0 saturated carbocycles. The Bertz CT molecular complexity index is 779. The summed E-state index contributed by atoms with van der Waals surface area (Å²) in [5.41, 5.74) is 0.586. The van der Waals surface area contributed by atoms with Gasteiger partial charge < -0.3 is 9.47 Å². The summed E-state index contributed by atoms with van der Waals surface area (Å²) in [5, 5.41) is 0. The number of allylic oxidation sites excluding steroid dienone is 8. The molecule has 0 fully saturated rings. The van der Waals surface area contributed by atoms with E-state index in [1.807, 2.05) is 24.3 Å². The van der Waals surface area contributed by atoms with Gasteiger partial charge in [0.2, 0.25) is 0 Å². The normalized spacial score (nSPS) is 12.2. The molecule has 0 atom stereocenters. The minimum absolute atomic E-state index is 0. The van der Waals surface area contributed by atoms with Gasteiger partial charge in [0, 0.05) is 0 Å². The van der Waals surface area contributed by atoms with Crippen LogP contribution in [0.3, 0.4) is 0 Å². The number of hydrogen-bond acceptors (Lipinski definition) is 4. The average Bonchev–Trinajstić information content (AvgIpc) is 3.72. The van der Waals surface area contributed by atoms with Crippen molar-refractivity contribution < 1.29 is 35.6 Å². The van der Waals surface area contributed by atoms with E-state index in [9.17, 15) is 9.59 Å². The fourth-order valence-electron chi connectivity index (χ4n) is 3.77. The maximum absolute atomic E-state index is 12.4. The van der Waals surface area contributed by atoms with Crippen molar-refractivity contribution in [2.75, 3.05) is 13.2 Å². The quantitative estimate of drug-likeness (QED) is 0.0848. The fraction of sp³-hybridized carbons (Fsp3) is 0.529. The van der Waals surface area contributed by atoms with Gasteiger partial charge in [-0.05, 0) is 25.0 Å². The summed E-state index contributed by atoms with van der Waals surface area (Å²) in [6.07, 6.45) is 33.6. The largest absolute Gasteiger partial charge is 2.00 e. The molecule has 0 N–H and O–H groups in total. The summed E-state index contributed by atoms with van der Waals surface area (Å²) >= 11 is 0. The molecule has 0 saturated heterocycles. The van der Waals surface area contributed by atoms with Crippen LogP contribution in [0, 0.1) is 12.2 Å². The fourth-order valence-corrected chi connectivity index (χ4v) is 3.77. The van der Waals surface area contributed by atoms with Crippen LogP contribution in [0.15, 0.2) is 60.7 Å². The summed E-state index contributed by atoms with van der Waals surface area (Å²) in [4.78, 5) is 24.7. The molecule has 218 valence electrons. The van der Waals surface area contributed by atoms with Crippen LogP contribution in [0.1, 0.15) is 124 Å². The third-order valence-corrected chi connectivity index (χ3v) is 6.00. The number of ether oxygens (including phenoxy) is 2. The molecule has 0 heterocycles. The molecule has 1 aromatic rings. The summed E-state index contributed by atoms with van der Waals surface area (Å²) < 4.78 is 10.7. The first-order valence-corrected chi connectivity index (χ1v) is 14.6. The molecule has 5 heteroatoms. The SMILES string of the molecule is CCCCCCCCOC(=O)c1ccccc1C(=O)OCCCCCCCC.[C-]1=CC=CC1.[C-]1=CC=CC1.[Ni+2]. The topological polar surface area (TPSA) is 52.6 Å². The number of unbranched alkanes of at least 4 members (excludes halogenated alkanes) is 10. The van der Waals surface area contributed by atoms with E-state index < -0.39 is 11.9 Å².